The van der Waals surface area contributed by atoms with Gasteiger partial charge in [0.1, 0.15) is 17.5 Å². The molecule has 2 aromatic rings. The predicted molar refractivity (Wildman–Crippen MR) is 61.4 cm³/mol. The van der Waals surface area contributed by atoms with Crippen LogP contribution in [0.1, 0.15) is 0 Å². The van der Waals surface area contributed by atoms with Crippen molar-refractivity contribution in [3.05, 3.63) is 24.3 Å². The summed E-state index contributed by atoms with van der Waals surface area (Å²) in [5.41, 5.74) is 1.15. The highest BCUT2D eigenvalue weighted by molar-refractivity contribution is 8.01. The first-order valence-electron chi connectivity index (χ1n) is 4.40. The van der Waals surface area contributed by atoms with Crippen LogP contribution in [0.5, 0.6) is 0 Å². The number of thioether (sulfide) groups is 1. The summed E-state index contributed by atoms with van der Waals surface area (Å²) in [4.78, 5) is 10.5. The minimum Gasteiger partial charge on any atom is -1.00 e. The Hall–Kier alpha value is -0.590. The zero-order valence-electron chi connectivity index (χ0n) is 8.51. The van der Waals surface area contributed by atoms with E-state index in [2.05, 4.69) is 0 Å². The third-order valence-electron chi connectivity index (χ3n) is 2.02. The Bertz CT molecular complexity index is 512. The van der Waals surface area contributed by atoms with Crippen LogP contribution in [-0.2, 0) is 11.8 Å². The molecule has 1 aromatic carbocycles. The van der Waals surface area contributed by atoms with Crippen LogP contribution in [0.2, 0.25) is 0 Å². The predicted octanol–water partition coefficient (Wildman–Crippen LogP) is -1.09. The van der Waals surface area contributed by atoms with Gasteiger partial charge in [0.15, 0.2) is 0 Å². The molecule has 0 bridgehead atoms. The van der Waals surface area contributed by atoms with Crippen molar-refractivity contribution in [3.63, 3.8) is 0 Å². The number of benzene rings is 1. The van der Waals surface area contributed by atoms with Crippen LogP contribution in [0.4, 0.5) is 0 Å². The van der Waals surface area contributed by atoms with Crippen LogP contribution in [0.25, 0.3) is 10.2 Å². The highest BCUT2D eigenvalue weighted by Crippen LogP contribution is 2.26. The Balaban J connectivity index is 0.00000128. The molecule has 2 rings (SSSR count). The van der Waals surface area contributed by atoms with Crippen molar-refractivity contribution in [3.8, 4) is 0 Å². The van der Waals surface area contributed by atoms with Gasteiger partial charge in [-0.3, -0.25) is 4.79 Å². The van der Waals surface area contributed by atoms with Crippen molar-refractivity contribution in [2.45, 2.75) is 4.34 Å². The lowest BCUT2D eigenvalue weighted by Gasteiger charge is -1.89. The number of carboxylic acid groups (broad SMARTS) is 1. The topological polar surface area (TPSA) is 41.2 Å². The minimum absolute atomic E-state index is 0. The Labute approximate surface area is 112 Å². The molecule has 0 aliphatic heterocycles. The van der Waals surface area contributed by atoms with E-state index in [1.807, 2.05) is 35.9 Å². The molecule has 0 fully saturated rings. The van der Waals surface area contributed by atoms with Crippen molar-refractivity contribution in [2.24, 2.45) is 7.05 Å². The first-order chi connectivity index (χ1) is 7.18. The largest absolute Gasteiger partial charge is 1.00 e. The van der Waals surface area contributed by atoms with E-state index in [9.17, 15) is 4.79 Å². The molecule has 1 aromatic heterocycles. The molecule has 6 heteroatoms. The molecule has 3 nitrogen and oxygen atoms in total. The maximum atomic E-state index is 10.5. The van der Waals surface area contributed by atoms with Crippen molar-refractivity contribution in [1.82, 2.24) is 0 Å². The average molecular weight is 320 g/mol. The Morgan fingerprint density at radius 1 is 1.50 bits per heavy atom. The summed E-state index contributed by atoms with van der Waals surface area (Å²) in [5, 5.41) is 8.62. The van der Waals surface area contributed by atoms with Gasteiger partial charge in [0, 0.05) is 6.07 Å². The van der Waals surface area contributed by atoms with E-state index in [0.717, 1.165) is 9.86 Å². The second-order valence-corrected chi connectivity index (χ2v) is 5.33. The fourth-order valence-corrected chi connectivity index (χ4v) is 3.43. The van der Waals surface area contributed by atoms with Gasteiger partial charge in [-0.1, -0.05) is 23.5 Å². The van der Waals surface area contributed by atoms with Crippen LogP contribution in [0.3, 0.4) is 0 Å². The molecule has 0 amide bonds. The third-order valence-corrected chi connectivity index (χ3v) is 4.55. The fraction of sp³-hybridized carbons (Fsp3) is 0.200. The number of carboxylic acids is 1. The van der Waals surface area contributed by atoms with Gasteiger partial charge in [0.25, 0.3) is 4.34 Å². The van der Waals surface area contributed by atoms with Crippen LogP contribution >= 0.6 is 23.1 Å². The smallest absolute Gasteiger partial charge is 0.314 e. The Morgan fingerprint density at radius 2 is 2.19 bits per heavy atom. The van der Waals surface area contributed by atoms with Crippen LogP contribution in [0, 0.1) is 0 Å². The molecule has 1 N–H and O–H groups in total. The van der Waals surface area contributed by atoms with Crippen molar-refractivity contribution in [2.75, 3.05) is 5.75 Å². The second-order valence-electron chi connectivity index (χ2n) is 3.08. The average Bonchev–Trinajstić information content (AvgIpc) is 2.54. The van der Waals surface area contributed by atoms with Gasteiger partial charge in [0.2, 0.25) is 5.52 Å². The van der Waals surface area contributed by atoms with Crippen LogP contribution in [0.15, 0.2) is 28.6 Å². The molecule has 0 unspecified atom stereocenters. The van der Waals surface area contributed by atoms with Crippen molar-refractivity contribution < 1.29 is 31.4 Å². The van der Waals surface area contributed by atoms with E-state index in [1.54, 1.807) is 11.3 Å². The Kier molecular flexibility index (Phi) is 4.76. The molecular weight excluding hydrogens is 310 g/mol. The van der Waals surface area contributed by atoms with E-state index in [0.29, 0.717) is 0 Å². The molecule has 0 aliphatic carbocycles. The van der Waals surface area contributed by atoms with Gasteiger partial charge in [-0.2, -0.15) is 4.57 Å². The summed E-state index contributed by atoms with van der Waals surface area (Å²) in [6, 6.07) is 8.06. The third kappa shape index (κ3) is 2.75. The summed E-state index contributed by atoms with van der Waals surface area (Å²) in [5.74, 6) is -0.668. The van der Waals surface area contributed by atoms with Gasteiger partial charge in [-0.15, -0.1) is 0 Å². The first kappa shape index (κ1) is 13.5. The summed E-state index contributed by atoms with van der Waals surface area (Å²) in [6.07, 6.45) is 0. The lowest BCUT2D eigenvalue weighted by Crippen LogP contribution is -3.00. The number of para-hydroxylation sites is 1. The fourth-order valence-electron chi connectivity index (χ4n) is 1.33. The number of aromatic nitrogens is 1. The number of aliphatic carboxylic acids is 1. The van der Waals surface area contributed by atoms with Crippen LogP contribution < -0.4 is 21.5 Å². The second kappa shape index (κ2) is 5.65. The van der Waals surface area contributed by atoms with Crippen molar-refractivity contribution >= 4 is 39.3 Å². The standard InChI is InChI=1S/C10H9NO2S2.BrH/c1-11-7-4-2-3-5-8(7)15-10(11)14-6-9(12)13;/h2-5H,6H2,1H3;1H. The van der Waals surface area contributed by atoms with E-state index in [4.69, 9.17) is 5.11 Å². The maximum absolute atomic E-state index is 10.5. The maximum Gasteiger partial charge on any atom is 0.314 e. The summed E-state index contributed by atoms with van der Waals surface area (Å²) >= 11 is 2.99. The number of hydrogen-bond acceptors (Lipinski definition) is 3. The number of aryl methyl sites for hydroxylation is 1. The van der Waals surface area contributed by atoms with Gasteiger partial charge in [0.05, 0.1) is 0 Å². The molecule has 86 valence electrons. The van der Waals surface area contributed by atoms with Gasteiger partial charge >= 0.3 is 5.97 Å². The Morgan fingerprint density at radius 3 is 2.81 bits per heavy atom. The van der Waals surface area contributed by atoms with Crippen LogP contribution in [-0.4, -0.2) is 16.8 Å². The molecule has 0 radical (unpaired) electrons. The number of nitrogens with zero attached hydrogens (tertiary/aromatic N) is 1. The highest BCUT2D eigenvalue weighted by Gasteiger charge is 2.17. The zero-order valence-corrected chi connectivity index (χ0v) is 11.7. The number of hydrogen-bond donors (Lipinski definition) is 1. The summed E-state index contributed by atoms with van der Waals surface area (Å²) in [6.45, 7) is 0. The quantitative estimate of drug-likeness (QED) is 0.577. The van der Waals surface area contributed by atoms with Gasteiger partial charge in [-0.05, 0) is 17.8 Å². The number of rotatable bonds is 3. The molecule has 1 heterocycles. The van der Waals surface area contributed by atoms with Crippen molar-refractivity contribution in [1.29, 1.82) is 0 Å². The van der Waals surface area contributed by atoms with E-state index in [-0.39, 0.29) is 22.7 Å². The summed E-state index contributed by atoms with van der Waals surface area (Å²) in [7, 11) is 1.96. The molecular formula is C10H10BrNO2S2. The summed E-state index contributed by atoms with van der Waals surface area (Å²) < 4.78 is 4.25. The van der Waals surface area contributed by atoms with E-state index in [1.165, 1.54) is 16.5 Å². The highest BCUT2D eigenvalue weighted by atomic mass is 79.9. The number of fused-ring (bicyclic) bond motifs is 1. The monoisotopic (exact) mass is 319 g/mol. The lowest BCUT2D eigenvalue weighted by atomic mass is 10.3. The van der Waals surface area contributed by atoms with E-state index >= 15 is 0 Å². The van der Waals surface area contributed by atoms with Gasteiger partial charge in [-0.25, -0.2) is 0 Å². The SMILES string of the molecule is C[n+]1c(SCC(=O)O)sc2ccccc21.[Br-]. The number of halogens is 1. The molecule has 0 saturated carbocycles. The molecule has 0 aliphatic rings. The molecule has 0 spiro atoms. The minimum atomic E-state index is -0.780. The number of thiazole rings is 1. The lowest BCUT2D eigenvalue weighted by molar-refractivity contribution is -0.676. The molecule has 0 saturated heterocycles. The van der Waals surface area contributed by atoms with Gasteiger partial charge < -0.3 is 22.1 Å². The normalized spacial score (nSPS) is 10.1. The molecule has 0 atom stereocenters. The molecule has 16 heavy (non-hydrogen) atoms. The number of carbonyl (C=O) groups is 1. The van der Waals surface area contributed by atoms with E-state index < -0.39 is 5.97 Å². The zero-order chi connectivity index (χ0) is 10.8. The first-order valence-corrected chi connectivity index (χ1v) is 6.21.